The van der Waals surface area contributed by atoms with Crippen molar-refractivity contribution in [2.24, 2.45) is 0 Å². The molecule has 2 N–H and O–H groups in total. The van der Waals surface area contributed by atoms with E-state index in [1.807, 2.05) is 14.0 Å². The molecule has 0 fully saturated rings. The lowest BCUT2D eigenvalue weighted by atomic mass is 10.1. The Morgan fingerprint density at radius 2 is 2.36 bits per heavy atom. The molecule has 1 heterocycles. The molecule has 0 aliphatic rings. The summed E-state index contributed by atoms with van der Waals surface area (Å²) in [5.41, 5.74) is 0.812. The molecular formula is C8H13NO2. The fourth-order valence-electron chi connectivity index (χ4n) is 0.890. The quantitative estimate of drug-likeness (QED) is 0.682. The summed E-state index contributed by atoms with van der Waals surface area (Å²) in [6.45, 7) is 1.91. The lowest BCUT2D eigenvalue weighted by Gasteiger charge is -2.15. The van der Waals surface area contributed by atoms with E-state index in [1.165, 1.54) is 0 Å². The van der Waals surface area contributed by atoms with Gasteiger partial charge in [-0.1, -0.05) is 0 Å². The van der Waals surface area contributed by atoms with Gasteiger partial charge in [0, 0.05) is 11.6 Å². The fourth-order valence-corrected chi connectivity index (χ4v) is 0.890. The van der Waals surface area contributed by atoms with Crippen molar-refractivity contribution >= 4 is 0 Å². The van der Waals surface area contributed by atoms with E-state index in [2.05, 4.69) is 5.32 Å². The molecule has 0 aliphatic heterocycles. The molecule has 0 bridgehead atoms. The minimum atomic E-state index is -0.487. The van der Waals surface area contributed by atoms with Crippen LogP contribution >= 0.6 is 0 Å². The third-order valence-electron chi connectivity index (χ3n) is 1.81. The van der Waals surface area contributed by atoms with Gasteiger partial charge in [0.2, 0.25) is 0 Å². The SMILES string of the molecule is CN[C@@H](C)[C@H](O)c1ccoc1. The van der Waals surface area contributed by atoms with E-state index in [9.17, 15) is 5.11 Å². The van der Waals surface area contributed by atoms with E-state index in [0.717, 1.165) is 5.56 Å². The smallest absolute Gasteiger partial charge is 0.0971 e. The van der Waals surface area contributed by atoms with Gasteiger partial charge < -0.3 is 14.8 Å². The molecule has 3 nitrogen and oxygen atoms in total. The van der Waals surface area contributed by atoms with Crippen molar-refractivity contribution in [3.63, 3.8) is 0 Å². The Hall–Kier alpha value is -0.800. The summed E-state index contributed by atoms with van der Waals surface area (Å²) in [5.74, 6) is 0. The molecule has 62 valence electrons. The van der Waals surface area contributed by atoms with Crippen molar-refractivity contribution in [3.05, 3.63) is 24.2 Å². The maximum absolute atomic E-state index is 9.56. The summed E-state index contributed by atoms with van der Waals surface area (Å²) in [7, 11) is 1.81. The zero-order valence-electron chi connectivity index (χ0n) is 6.74. The van der Waals surface area contributed by atoms with Gasteiger partial charge in [0.15, 0.2) is 0 Å². The third-order valence-corrected chi connectivity index (χ3v) is 1.81. The van der Waals surface area contributed by atoms with Crippen LogP contribution in [0.25, 0.3) is 0 Å². The Kier molecular flexibility index (Phi) is 2.68. The average molecular weight is 155 g/mol. The molecule has 11 heavy (non-hydrogen) atoms. The van der Waals surface area contributed by atoms with Gasteiger partial charge in [-0.2, -0.15) is 0 Å². The van der Waals surface area contributed by atoms with Gasteiger partial charge in [-0.25, -0.2) is 0 Å². The topological polar surface area (TPSA) is 45.4 Å². The average Bonchev–Trinajstić information content (AvgIpc) is 2.53. The van der Waals surface area contributed by atoms with Crippen molar-refractivity contribution < 1.29 is 9.52 Å². The van der Waals surface area contributed by atoms with E-state index in [-0.39, 0.29) is 6.04 Å². The first-order chi connectivity index (χ1) is 5.25. The summed E-state index contributed by atoms with van der Waals surface area (Å²) in [4.78, 5) is 0. The van der Waals surface area contributed by atoms with Crippen LogP contribution in [0.3, 0.4) is 0 Å². The van der Waals surface area contributed by atoms with Gasteiger partial charge >= 0.3 is 0 Å². The van der Waals surface area contributed by atoms with Crippen molar-refractivity contribution in [2.75, 3.05) is 7.05 Å². The van der Waals surface area contributed by atoms with Crippen LogP contribution in [0.4, 0.5) is 0 Å². The van der Waals surface area contributed by atoms with Gasteiger partial charge in [0.25, 0.3) is 0 Å². The second-order valence-electron chi connectivity index (χ2n) is 2.58. The molecule has 0 saturated carbocycles. The summed E-state index contributed by atoms with van der Waals surface area (Å²) in [6, 6.07) is 1.81. The van der Waals surface area contributed by atoms with Crippen molar-refractivity contribution in [3.8, 4) is 0 Å². The molecule has 1 aromatic rings. The standard InChI is InChI=1S/C8H13NO2/c1-6(9-2)8(10)7-3-4-11-5-7/h3-6,8-10H,1-2H3/t6-,8-/m0/s1. The highest BCUT2D eigenvalue weighted by molar-refractivity contribution is 5.10. The summed E-state index contributed by atoms with van der Waals surface area (Å²) in [5, 5.41) is 12.5. The van der Waals surface area contributed by atoms with E-state index < -0.39 is 6.10 Å². The predicted octanol–water partition coefficient (Wildman–Crippen LogP) is 0.921. The Morgan fingerprint density at radius 1 is 1.64 bits per heavy atom. The maximum Gasteiger partial charge on any atom is 0.0971 e. The molecule has 0 saturated heterocycles. The van der Waals surface area contributed by atoms with Crippen LogP contribution in [-0.2, 0) is 0 Å². The van der Waals surface area contributed by atoms with Gasteiger partial charge in [-0.15, -0.1) is 0 Å². The largest absolute Gasteiger partial charge is 0.472 e. The molecule has 1 rings (SSSR count). The Bertz CT molecular complexity index is 196. The van der Waals surface area contributed by atoms with E-state index >= 15 is 0 Å². The molecule has 1 aromatic heterocycles. The van der Waals surface area contributed by atoms with Crippen LogP contribution in [0.2, 0.25) is 0 Å². The molecule has 0 unspecified atom stereocenters. The molecule has 0 radical (unpaired) electrons. The van der Waals surface area contributed by atoms with Crippen molar-refractivity contribution in [1.29, 1.82) is 0 Å². The third kappa shape index (κ3) is 1.82. The summed E-state index contributed by atoms with van der Waals surface area (Å²) >= 11 is 0. The number of likely N-dealkylation sites (N-methyl/N-ethyl adjacent to an activating group) is 1. The summed E-state index contributed by atoms with van der Waals surface area (Å²) < 4.78 is 4.84. The van der Waals surface area contributed by atoms with Crippen LogP contribution in [0.1, 0.15) is 18.6 Å². The fraction of sp³-hybridized carbons (Fsp3) is 0.500. The highest BCUT2D eigenvalue weighted by atomic mass is 16.3. The highest BCUT2D eigenvalue weighted by Crippen LogP contribution is 2.15. The van der Waals surface area contributed by atoms with Crippen LogP contribution < -0.4 is 5.32 Å². The number of rotatable bonds is 3. The van der Waals surface area contributed by atoms with Crippen LogP contribution in [0.15, 0.2) is 23.0 Å². The van der Waals surface area contributed by atoms with Crippen LogP contribution in [0.5, 0.6) is 0 Å². The molecule has 3 heteroatoms. The predicted molar refractivity (Wildman–Crippen MR) is 42.2 cm³/mol. The number of aliphatic hydroxyl groups excluding tert-OH is 1. The Balaban J connectivity index is 2.62. The molecular weight excluding hydrogens is 142 g/mol. The van der Waals surface area contributed by atoms with Gasteiger partial charge in [-0.05, 0) is 20.0 Å². The number of nitrogens with one attached hydrogen (secondary N) is 1. The minimum absolute atomic E-state index is 0.0487. The monoisotopic (exact) mass is 155 g/mol. The summed E-state index contributed by atoms with van der Waals surface area (Å²) in [6.07, 6.45) is 2.62. The Labute approximate surface area is 66.0 Å². The second-order valence-corrected chi connectivity index (χ2v) is 2.58. The molecule has 0 aliphatic carbocycles. The van der Waals surface area contributed by atoms with Crippen LogP contribution in [0, 0.1) is 0 Å². The first kappa shape index (κ1) is 8.30. The Morgan fingerprint density at radius 3 is 2.82 bits per heavy atom. The van der Waals surface area contributed by atoms with Crippen molar-refractivity contribution in [1.82, 2.24) is 5.32 Å². The van der Waals surface area contributed by atoms with E-state index in [0.29, 0.717) is 0 Å². The molecule has 0 amide bonds. The normalized spacial score (nSPS) is 16.3. The van der Waals surface area contributed by atoms with Gasteiger partial charge in [0.1, 0.15) is 0 Å². The van der Waals surface area contributed by atoms with Crippen molar-refractivity contribution in [2.45, 2.75) is 19.1 Å². The molecule has 0 spiro atoms. The first-order valence-electron chi connectivity index (χ1n) is 3.63. The van der Waals surface area contributed by atoms with Gasteiger partial charge in [0.05, 0.1) is 18.6 Å². The van der Waals surface area contributed by atoms with Gasteiger partial charge in [-0.3, -0.25) is 0 Å². The maximum atomic E-state index is 9.56. The lowest BCUT2D eigenvalue weighted by Crippen LogP contribution is -2.28. The molecule has 0 aromatic carbocycles. The zero-order valence-corrected chi connectivity index (χ0v) is 6.74. The minimum Gasteiger partial charge on any atom is -0.472 e. The zero-order chi connectivity index (χ0) is 8.27. The molecule has 2 atom stereocenters. The second kappa shape index (κ2) is 3.55. The lowest BCUT2D eigenvalue weighted by molar-refractivity contribution is 0.139. The van der Waals surface area contributed by atoms with E-state index in [4.69, 9.17) is 4.42 Å². The van der Waals surface area contributed by atoms with E-state index in [1.54, 1.807) is 18.6 Å². The number of furan rings is 1. The number of hydrogen-bond acceptors (Lipinski definition) is 3. The number of aliphatic hydroxyl groups is 1. The number of hydrogen-bond donors (Lipinski definition) is 2. The highest BCUT2D eigenvalue weighted by Gasteiger charge is 2.14. The van der Waals surface area contributed by atoms with Crippen LogP contribution in [-0.4, -0.2) is 18.2 Å². The first-order valence-corrected chi connectivity index (χ1v) is 3.63.